The van der Waals surface area contributed by atoms with Gasteiger partial charge in [0.25, 0.3) is 0 Å². The van der Waals surface area contributed by atoms with Gasteiger partial charge in [-0.05, 0) is 39.0 Å². The molecule has 0 heterocycles. The lowest BCUT2D eigenvalue weighted by Gasteiger charge is -2.28. The van der Waals surface area contributed by atoms with Crippen molar-refractivity contribution in [3.05, 3.63) is 28.8 Å². The summed E-state index contributed by atoms with van der Waals surface area (Å²) >= 11 is 5.91. The van der Waals surface area contributed by atoms with Gasteiger partial charge in [0.2, 0.25) is 0 Å². The SMILES string of the molecule is COC(=O)c1ccc(Cl)cc1NC(C)C(C)(C)O. The van der Waals surface area contributed by atoms with Crippen LogP contribution < -0.4 is 5.32 Å². The van der Waals surface area contributed by atoms with E-state index in [1.807, 2.05) is 6.92 Å². The zero-order valence-electron chi connectivity index (χ0n) is 11.0. The van der Waals surface area contributed by atoms with Crippen LogP contribution in [0.2, 0.25) is 5.02 Å². The van der Waals surface area contributed by atoms with Crippen molar-refractivity contribution in [3.63, 3.8) is 0 Å². The summed E-state index contributed by atoms with van der Waals surface area (Å²) in [5.41, 5.74) is 0.0115. The van der Waals surface area contributed by atoms with Gasteiger partial charge in [0.1, 0.15) is 0 Å². The number of methoxy groups -OCH3 is 1. The van der Waals surface area contributed by atoms with Crippen molar-refractivity contribution in [2.45, 2.75) is 32.4 Å². The molecule has 1 aromatic carbocycles. The van der Waals surface area contributed by atoms with Gasteiger partial charge in [0.05, 0.1) is 30.0 Å². The van der Waals surface area contributed by atoms with Crippen molar-refractivity contribution in [2.75, 3.05) is 12.4 Å². The summed E-state index contributed by atoms with van der Waals surface area (Å²) in [4.78, 5) is 11.6. The number of halogens is 1. The minimum Gasteiger partial charge on any atom is -0.465 e. The van der Waals surface area contributed by atoms with Crippen molar-refractivity contribution in [1.29, 1.82) is 0 Å². The highest BCUT2D eigenvalue weighted by atomic mass is 35.5. The zero-order valence-corrected chi connectivity index (χ0v) is 11.7. The zero-order chi connectivity index (χ0) is 13.9. The Bertz CT molecular complexity index is 440. The minimum atomic E-state index is -0.921. The molecule has 1 unspecified atom stereocenters. The number of nitrogens with one attached hydrogen (secondary N) is 1. The van der Waals surface area contributed by atoms with Crippen LogP contribution in [0.4, 0.5) is 5.69 Å². The van der Waals surface area contributed by atoms with E-state index in [0.717, 1.165) is 0 Å². The van der Waals surface area contributed by atoms with Gasteiger partial charge in [-0.3, -0.25) is 0 Å². The Morgan fingerprint density at radius 2 is 2.11 bits per heavy atom. The lowest BCUT2D eigenvalue weighted by atomic mass is 10.00. The van der Waals surface area contributed by atoms with Gasteiger partial charge in [0.15, 0.2) is 0 Å². The molecule has 100 valence electrons. The van der Waals surface area contributed by atoms with Crippen LogP contribution in [0.15, 0.2) is 18.2 Å². The number of rotatable bonds is 4. The van der Waals surface area contributed by atoms with E-state index in [1.165, 1.54) is 7.11 Å². The molecule has 1 rings (SSSR count). The second-order valence-electron chi connectivity index (χ2n) is 4.70. The van der Waals surface area contributed by atoms with Gasteiger partial charge in [-0.15, -0.1) is 0 Å². The number of esters is 1. The first-order valence-electron chi connectivity index (χ1n) is 5.62. The van der Waals surface area contributed by atoms with Gasteiger partial charge in [-0.25, -0.2) is 4.79 Å². The first kappa shape index (κ1) is 14.8. The maximum Gasteiger partial charge on any atom is 0.339 e. The summed E-state index contributed by atoms with van der Waals surface area (Å²) in [5.74, 6) is -0.447. The minimum absolute atomic E-state index is 0.251. The molecule has 0 aliphatic rings. The molecule has 0 bridgehead atoms. The molecule has 0 spiro atoms. The van der Waals surface area contributed by atoms with E-state index in [1.54, 1.807) is 32.0 Å². The Balaban J connectivity index is 3.07. The molecule has 0 aliphatic carbocycles. The van der Waals surface area contributed by atoms with E-state index < -0.39 is 11.6 Å². The summed E-state index contributed by atoms with van der Waals surface area (Å²) < 4.78 is 4.70. The summed E-state index contributed by atoms with van der Waals surface area (Å²) in [5, 5.41) is 13.5. The van der Waals surface area contributed by atoms with Crippen molar-refractivity contribution in [3.8, 4) is 0 Å². The Morgan fingerprint density at radius 3 is 2.61 bits per heavy atom. The summed E-state index contributed by atoms with van der Waals surface area (Å²) in [6.45, 7) is 5.20. The predicted molar refractivity (Wildman–Crippen MR) is 72.2 cm³/mol. The molecule has 0 aromatic heterocycles. The molecule has 0 saturated carbocycles. The molecule has 0 saturated heterocycles. The van der Waals surface area contributed by atoms with Gasteiger partial charge < -0.3 is 15.2 Å². The van der Waals surface area contributed by atoms with Crippen LogP contribution in [0.25, 0.3) is 0 Å². The molecule has 0 aliphatic heterocycles. The molecule has 1 aromatic rings. The van der Waals surface area contributed by atoms with Crippen LogP contribution in [-0.2, 0) is 4.74 Å². The van der Waals surface area contributed by atoms with Gasteiger partial charge in [-0.2, -0.15) is 0 Å². The number of benzene rings is 1. The maximum atomic E-state index is 11.6. The van der Waals surface area contributed by atoms with Crippen LogP contribution in [0, 0.1) is 0 Å². The third kappa shape index (κ3) is 3.62. The van der Waals surface area contributed by atoms with Crippen molar-refractivity contribution in [1.82, 2.24) is 0 Å². The van der Waals surface area contributed by atoms with E-state index in [0.29, 0.717) is 16.3 Å². The molecule has 0 fully saturated rings. The average molecular weight is 272 g/mol. The number of anilines is 1. The first-order chi connectivity index (χ1) is 8.25. The van der Waals surface area contributed by atoms with Gasteiger partial charge in [-0.1, -0.05) is 11.6 Å². The monoisotopic (exact) mass is 271 g/mol. The fourth-order valence-corrected chi connectivity index (χ4v) is 1.51. The third-order valence-corrected chi connectivity index (χ3v) is 3.05. The van der Waals surface area contributed by atoms with Crippen molar-refractivity contribution in [2.24, 2.45) is 0 Å². The van der Waals surface area contributed by atoms with Crippen LogP contribution in [0.5, 0.6) is 0 Å². The molecule has 5 heteroatoms. The Hall–Kier alpha value is -1.26. The Morgan fingerprint density at radius 1 is 1.50 bits per heavy atom. The second kappa shape index (κ2) is 5.59. The molecule has 1 atom stereocenters. The summed E-state index contributed by atoms with van der Waals surface area (Å²) in [7, 11) is 1.32. The van der Waals surface area contributed by atoms with E-state index in [2.05, 4.69) is 5.32 Å². The highest BCUT2D eigenvalue weighted by molar-refractivity contribution is 6.31. The van der Waals surface area contributed by atoms with Gasteiger partial charge >= 0.3 is 5.97 Å². The summed E-state index contributed by atoms with van der Waals surface area (Å²) in [6, 6.07) is 4.59. The van der Waals surface area contributed by atoms with E-state index in [9.17, 15) is 9.90 Å². The molecule has 4 nitrogen and oxygen atoms in total. The highest BCUT2D eigenvalue weighted by Gasteiger charge is 2.24. The van der Waals surface area contributed by atoms with Crippen LogP contribution in [-0.4, -0.2) is 29.8 Å². The Labute approximate surface area is 112 Å². The highest BCUT2D eigenvalue weighted by Crippen LogP contribution is 2.24. The number of carbonyl (C=O) groups excluding carboxylic acids is 1. The number of aliphatic hydroxyl groups is 1. The number of carbonyl (C=O) groups is 1. The van der Waals surface area contributed by atoms with Gasteiger partial charge in [0, 0.05) is 5.02 Å². The predicted octanol–water partition coefficient (Wildman–Crippen LogP) is 2.70. The number of ether oxygens (including phenoxy) is 1. The molecule has 0 amide bonds. The topological polar surface area (TPSA) is 58.6 Å². The molecule has 0 radical (unpaired) electrons. The van der Waals surface area contributed by atoms with E-state index >= 15 is 0 Å². The molecular weight excluding hydrogens is 254 g/mol. The Kier molecular flexibility index (Phi) is 4.59. The van der Waals surface area contributed by atoms with Crippen LogP contribution in [0.3, 0.4) is 0 Å². The molecular formula is C13H18ClNO3. The normalized spacial score (nSPS) is 13.0. The van der Waals surface area contributed by atoms with Crippen LogP contribution >= 0.6 is 11.6 Å². The lowest BCUT2D eigenvalue weighted by molar-refractivity contribution is 0.0593. The van der Waals surface area contributed by atoms with Crippen molar-refractivity contribution < 1.29 is 14.6 Å². The first-order valence-corrected chi connectivity index (χ1v) is 6.00. The number of hydrogen-bond donors (Lipinski definition) is 2. The second-order valence-corrected chi connectivity index (χ2v) is 5.14. The molecule has 2 N–H and O–H groups in total. The van der Waals surface area contributed by atoms with Crippen molar-refractivity contribution >= 4 is 23.3 Å². The fraction of sp³-hybridized carbons (Fsp3) is 0.462. The quantitative estimate of drug-likeness (QED) is 0.827. The summed E-state index contributed by atoms with van der Waals surface area (Å²) in [6.07, 6.45) is 0. The molecule has 18 heavy (non-hydrogen) atoms. The smallest absolute Gasteiger partial charge is 0.339 e. The third-order valence-electron chi connectivity index (χ3n) is 2.82. The van der Waals surface area contributed by atoms with E-state index in [4.69, 9.17) is 16.3 Å². The number of hydrogen-bond acceptors (Lipinski definition) is 4. The largest absolute Gasteiger partial charge is 0.465 e. The standard InChI is InChI=1S/C13H18ClNO3/c1-8(13(2,3)17)15-11-7-9(14)5-6-10(11)12(16)18-4/h5-8,15,17H,1-4H3. The van der Waals surface area contributed by atoms with E-state index in [-0.39, 0.29) is 6.04 Å². The maximum absolute atomic E-state index is 11.6. The fourth-order valence-electron chi connectivity index (χ4n) is 1.33. The van der Waals surface area contributed by atoms with Crippen LogP contribution in [0.1, 0.15) is 31.1 Å². The lowest BCUT2D eigenvalue weighted by Crippen LogP contribution is -2.39. The average Bonchev–Trinajstić information content (AvgIpc) is 2.27.